The maximum atomic E-state index is 13.5. The maximum Gasteiger partial charge on any atom is 0.305 e. The number of allylic oxidation sites excluding steroid dienone is 1. The minimum Gasteiger partial charge on any atom is -0.314 e. The Labute approximate surface area is 147 Å². The third kappa shape index (κ3) is 5.73. The number of hydrogen-bond donors (Lipinski definition) is 1. The number of rotatable bonds is 6. The standard InChI is InChI=1S/C15H20FN3O2.2ClH/c1-2-3-4-14(18-9-7-17-8-10-18)12-5-6-13(16)15(11-12)19(20)21;;/h2,5-6,11,14,17H,1,3-4,7-10H2;2*1H/t14-;;/m1../s1. The molecule has 0 unspecified atom stereocenters. The zero-order valence-electron chi connectivity index (χ0n) is 12.7. The smallest absolute Gasteiger partial charge is 0.305 e. The van der Waals surface area contributed by atoms with Crippen LogP contribution in [0.1, 0.15) is 24.4 Å². The van der Waals surface area contributed by atoms with Crippen LogP contribution in [-0.2, 0) is 0 Å². The van der Waals surface area contributed by atoms with Crippen LogP contribution in [0.15, 0.2) is 30.9 Å². The molecule has 130 valence electrons. The highest BCUT2D eigenvalue weighted by atomic mass is 35.5. The molecule has 1 aliphatic rings. The van der Waals surface area contributed by atoms with Crippen LogP contribution >= 0.6 is 24.8 Å². The van der Waals surface area contributed by atoms with E-state index in [0.29, 0.717) is 0 Å². The Morgan fingerprint density at radius 2 is 2.04 bits per heavy atom. The first-order valence-corrected chi connectivity index (χ1v) is 7.13. The molecule has 1 fully saturated rings. The summed E-state index contributed by atoms with van der Waals surface area (Å²) in [5.41, 5.74) is 0.345. The molecule has 1 saturated heterocycles. The molecule has 0 bridgehead atoms. The van der Waals surface area contributed by atoms with E-state index in [0.717, 1.165) is 44.6 Å². The van der Waals surface area contributed by atoms with Gasteiger partial charge in [0.1, 0.15) is 0 Å². The van der Waals surface area contributed by atoms with E-state index in [1.165, 1.54) is 12.1 Å². The van der Waals surface area contributed by atoms with Gasteiger partial charge in [0.15, 0.2) is 0 Å². The number of benzene rings is 1. The zero-order chi connectivity index (χ0) is 15.2. The number of nitrogens with zero attached hydrogens (tertiary/aromatic N) is 2. The first-order valence-electron chi connectivity index (χ1n) is 7.13. The number of nitrogens with one attached hydrogen (secondary N) is 1. The van der Waals surface area contributed by atoms with Gasteiger partial charge in [0.05, 0.1) is 4.92 Å². The second kappa shape index (κ2) is 10.5. The van der Waals surface area contributed by atoms with Crippen molar-refractivity contribution in [2.45, 2.75) is 18.9 Å². The van der Waals surface area contributed by atoms with E-state index in [1.54, 1.807) is 6.07 Å². The van der Waals surface area contributed by atoms with Gasteiger partial charge in [0, 0.05) is 38.3 Å². The van der Waals surface area contributed by atoms with E-state index in [2.05, 4.69) is 16.8 Å². The highest BCUT2D eigenvalue weighted by Crippen LogP contribution is 2.30. The molecule has 23 heavy (non-hydrogen) atoms. The summed E-state index contributed by atoms with van der Waals surface area (Å²) in [5.74, 6) is -0.786. The Morgan fingerprint density at radius 3 is 2.61 bits per heavy atom. The van der Waals surface area contributed by atoms with E-state index < -0.39 is 16.4 Å². The van der Waals surface area contributed by atoms with Crippen molar-refractivity contribution in [3.63, 3.8) is 0 Å². The minimum absolute atomic E-state index is 0. The summed E-state index contributed by atoms with van der Waals surface area (Å²) in [4.78, 5) is 12.5. The summed E-state index contributed by atoms with van der Waals surface area (Å²) in [5, 5.41) is 14.2. The molecule has 0 saturated carbocycles. The quantitative estimate of drug-likeness (QED) is 0.476. The number of nitro groups is 1. The molecule has 1 aromatic rings. The Hall–Kier alpha value is -1.21. The van der Waals surface area contributed by atoms with Crippen molar-refractivity contribution in [2.24, 2.45) is 0 Å². The molecule has 0 amide bonds. The van der Waals surface area contributed by atoms with Gasteiger partial charge in [-0.15, -0.1) is 31.4 Å². The van der Waals surface area contributed by atoms with Gasteiger partial charge in [0.2, 0.25) is 5.82 Å². The van der Waals surface area contributed by atoms with Crippen LogP contribution < -0.4 is 5.32 Å². The van der Waals surface area contributed by atoms with E-state index >= 15 is 0 Å². The Morgan fingerprint density at radius 1 is 1.39 bits per heavy atom. The molecule has 1 aliphatic heterocycles. The number of hydrogen-bond acceptors (Lipinski definition) is 4. The van der Waals surface area contributed by atoms with E-state index in [9.17, 15) is 14.5 Å². The normalized spacial score (nSPS) is 15.9. The van der Waals surface area contributed by atoms with Gasteiger partial charge in [-0.1, -0.05) is 12.1 Å². The summed E-state index contributed by atoms with van der Waals surface area (Å²) < 4.78 is 13.5. The summed E-state index contributed by atoms with van der Waals surface area (Å²) >= 11 is 0. The number of halogens is 3. The lowest BCUT2D eigenvalue weighted by atomic mass is 9.98. The van der Waals surface area contributed by atoms with Gasteiger partial charge >= 0.3 is 5.69 Å². The Bertz CT molecular complexity index is 525. The van der Waals surface area contributed by atoms with Crippen molar-refractivity contribution in [3.05, 3.63) is 52.3 Å². The predicted octanol–water partition coefficient (Wildman–Crippen LogP) is 3.49. The van der Waals surface area contributed by atoms with Crippen LogP contribution in [0.3, 0.4) is 0 Å². The van der Waals surface area contributed by atoms with Crippen LogP contribution in [0.25, 0.3) is 0 Å². The molecule has 0 aromatic heterocycles. The molecule has 0 spiro atoms. The predicted molar refractivity (Wildman–Crippen MR) is 94.2 cm³/mol. The monoisotopic (exact) mass is 365 g/mol. The Balaban J connectivity index is 0.00000242. The molecule has 1 heterocycles. The van der Waals surface area contributed by atoms with Crippen molar-refractivity contribution in [3.8, 4) is 0 Å². The lowest BCUT2D eigenvalue weighted by molar-refractivity contribution is -0.387. The molecular weight excluding hydrogens is 344 g/mol. The third-order valence-electron chi connectivity index (χ3n) is 3.79. The molecule has 0 radical (unpaired) electrons. The van der Waals surface area contributed by atoms with Crippen molar-refractivity contribution < 1.29 is 9.31 Å². The molecule has 1 aromatic carbocycles. The number of nitro benzene ring substituents is 1. The lowest BCUT2D eigenvalue weighted by Crippen LogP contribution is -2.45. The van der Waals surface area contributed by atoms with Gasteiger partial charge in [-0.3, -0.25) is 15.0 Å². The van der Waals surface area contributed by atoms with Crippen molar-refractivity contribution >= 4 is 30.5 Å². The van der Waals surface area contributed by atoms with Gasteiger partial charge in [0.25, 0.3) is 0 Å². The van der Waals surface area contributed by atoms with E-state index in [-0.39, 0.29) is 30.9 Å². The first-order chi connectivity index (χ1) is 10.1. The van der Waals surface area contributed by atoms with Crippen molar-refractivity contribution in [2.75, 3.05) is 26.2 Å². The third-order valence-corrected chi connectivity index (χ3v) is 3.79. The fraction of sp³-hybridized carbons (Fsp3) is 0.467. The van der Waals surface area contributed by atoms with Crippen LogP contribution in [0, 0.1) is 15.9 Å². The van der Waals surface area contributed by atoms with Crippen LogP contribution in [0.2, 0.25) is 0 Å². The molecule has 5 nitrogen and oxygen atoms in total. The Kier molecular flexibility index (Phi) is 9.99. The van der Waals surface area contributed by atoms with Crippen LogP contribution in [0.5, 0.6) is 0 Å². The summed E-state index contributed by atoms with van der Waals surface area (Å²) in [6.45, 7) is 7.29. The highest BCUT2D eigenvalue weighted by Gasteiger charge is 2.24. The second-order valence-electron chi connectivity index (χ2n) is 5.14. The van der Waals surface area contributed by atoms with Gasteiger partial charge in [-0.2, -0.15) is 4.39 Å². The lowest BCUT2D eigenvalue weighted by Gasteiger charge is -2.35. The zero-order valence-corrected chi connectivity index (χ0v) is 14.4. The fourth-order valence-corrected chi connectivity index (χ4v) is 2.71. The average molecular weight is 366 g/mol. The summed E-state index contributed by atoms with van der Waals surface area (Å²) in [6.07, 6.45) is 3.49. The fourth-order valence-electron chi connectivity index (χ4n) is 2.71. The largest absolute Gasteiger partial charge is 0.314 e. The van der Waals surface area contributed by atoms with Crippen LogP contribution in [-0.4, -0.2) is 36.0 Å². The minimum atomic E-state index is -0.786. The maximum absolute atomic E-state index is 13.5. The second-order valence-corrected chi connectivity index (χ2v) is 5.14. The van der Waals surface area contributed by atoms with Crippen LogP contribution in [0.4, 0.5) is 10.1 Å². The first kappa shape index (κ1) is 21.8. The molecule has 1 N–H and O–H groups in total. The molecule has 1 atom stereocenters. The van der Waals surface area contributed by atoms with Gasteiger partial charge < -0.3 is 5.32 Å². The molecule has 8 heteroatoms. The molecular formula is C15H22Cl2FN3O2. The molecule has 0 aliphatic carbocycles. The van der Waals surface area contributed by atoms with E-state index in [4.69, 9.17) is 0 Å². The number of piperazine rings is 1. The summed E-state index contributed by atoms with van der Waals surface area (Å²) in [6, 6.07) is 4.27. The van der Waals surface area contributed by atoms with Gasteiger partial charge in [-0.05, 0) is 24.5 Å². The van der Waals surface area contributed by atoms with Crippen molar-refractivity contribution in [1.29, 1.82) is 0 Å². The van der Waals surface area contributed by atoms with E-state index in [1.807, 2.05) is 6.08 Å². The SMILES string of the molecule is C=CCC[C@H](c1ccc(F)c([N+](=O)[O-])c1)N1CCNCC1.Cl.Cl. The highest BCUT2D eigenvalue weighted by molar-refractivity contribution is 5.85. The average Bonchev–Trinajstić information content (AvgIpc) is 2.50. The van der Waals surface area contributed by atoms with Gasteiger partial charge in [-0.25, -0.2) is 0 Å². The molecule has 2 rings (SSSR count). The topological polar surface area (TPSA) is 58.4 Å². The summed E-state index contributed by atoms with van der Waals surface area (Å²) in [7, 11) is 0. The van der Waals surface area contributed by atoms with Crippen molar-refractivity contribution in [1.82, 2.24) is 10.2 Å².